The molecular formula is C20H22ClNO5. The van der Waals surface area contributed by atoms with Gasteiger partial charge in [-0.25, -0.2) is 0 Å². The summed E-state index contributed by atoms with van der Waals surface area (Å²) in [5.41, 5.74) is 0.959. The number of rotatable bonds is 9. The molecule has 0 radical (unpaired) electrons. The molecule has 2 aromatic carbocycles. The number of hydrogen-bond acceptors (Lipinski definition) is 4. The normalized spacial score (nSPS) is 11.5. The van der Waals surface area contributed by atoms with Crippen LogP contribution in [0.5, 0.6) is 11.5 Å². The molecule has 1 unspecified atom stereocenters. The van der Waals surface area contributed by atoms with Crippen molar-refractivity contribution in [2.45, 2.75) is 25.8 Å². The molecule has 0 saturated carbocycles. The van der Waals surface area contributed by atoms with Crippen molar-refractivity contribution in [3.63, 3.8) is 0 Å². The summed E-state index contributed by atoms with van der Waals surface area (Å²) in [7, 11) is 1.46. The second-order valence-electron chi connectivity index (χ2n) is 5.87. The topological polar surface area (TPSA) is 84.9 Å². The lowest BCUT2D eigenvalue weighted by atomic mass is 10.0. The third-order valence-corrected chi connectivity index (χ3v) is 4.11. The van der Waals surface area contributed by atoms with E-state index in [1.165, 1.54) is 19.2 Å². The molecule has 2 rings (SSSR count). The predicted molar refractivity (Wildman–Crippen MR) is 103 cm³/mol. The lowest BCUT2D eigenvalue weighted by molar-refractivity contribution is -0.137. The van der Waals surface area contributed by atoms with Crippen LogP contribution in [0.1, 0.15) is 41.7 Å². The summed E-state index contributed by atoms with van der Waals surface area (Å²) in [5, 5.41) is 12.2. The van der Waals surface area contributed by atoms with Gasteiger partial charge in [0.1, 0.15) is 0 Å². The van der Waals surface area contributed by atoms with Gasteiger partial charge in [-0.1, -0.05) is 48.9 Å². The van der Waals surface area contributed by atoms with Gasteiger partial charge in [-0.05, 0) is 24.1 Å². The average Bonchev–Trinajstić information content (AvgIpc) is 2.66. The van der Waals surface area contributed by atoms with Gasteiger partial charge in [0.15, 0.2) is 11.5 Å². The molecule has 2 N–H and O–H groups in total. The molecule has 0 aromatic heterocycles. The van der Waals surface area contributed by atoms with E-state index < -0.39 is 17.9 Å². The van der Waals surface area contributed by atoms with Crippen LogP contribution < -0.4 is 14.8 Å². The van der Waals surface area contributed by atoms with Crippen LogP contribution in [0.4, 0.5) is 0 Å². The lowest BCUT2D eigenvalue weighted by Crippen LogP contribution is -2.30. The minimum atomic E-state index is -1.01. The van der Waals surface area contributed by atoms with Crippen molar-refractivity contribution in [3.8, 4) is 11.5 Å². The largest absolute Gasteiger partial charge is 0.493 e. The number of carbonyl (C=O) groups is 2. The van der Waals surface area contributed by atoms with E-state index in [0.29, 0.717) is 23.7 Å². The van der Waals surface area contributed by atoms with Crippen LogP contribution in [0.15, 0.2) is 42.5 Å². The molecule has 0 heterocycles. The first kappa shape index (κ1) is 20.6. The molecule has 0 bridgehead atoms. The zero-order chi connectivity index (χ0) is 19.8. The van der Waals surface area contributed by atoms with Gasteiger partial charge < -0.3 is 19.9 Å². The lowest BCUT2D eigenvalue weighted by Gasteiger charge is -2.18. The number of benzene rings is 2. The van der Waals surface area contributed by atoms with Crippen molar-refractivity contribution in [2.24, 2.45) is 0 Å². The Morgan fingerprint density at radius 1 is 1.22 bits per heavy atom. The Hall–Kier alpha value is -2.73. The number of hydrogen-bond donors (Lipinski definition) is 2. The first-order valence-corrected chi connectivity index (χ1v) is 8.92. The Balaban J connectivity index is 2.27. The van der Waals surface area contributed by atoms with Gasteiger partial charge in [0.25, 0.3) is 5.91 Å². The molecule has 0 aliphatic carbocycles. The number of carboxylic acids is 1. The molecule has 0 fully saturated rings. The highest BCUT2D eigenvalue weighted by molar-refractivity contribution is 6.32. The fraction of sp³-hybridized carbons (Fsp3) is 0.300. The Bertz CT molecular complexity index is 794. The molecule has 6 nitrogen and oxygen atoms in total. The second kappa shape index (κ2) is 9.83. The monoisotopic (exact) mass is 391 g/mol. The van der Waals surface area contributed by atoms with E-state index in [9.17, 15) is 9.59 Å². The molecule has 0 aliphatic rings. The van der Waals surface area contributed by atoms with Crippen LogP contribution in [0, 0.1) is 0 Å². The SMILES string of the molecule is CCCOc1c(Cl)cc(C(=O)NC(CC(=O)O)c2ccccc2)cc1OC. The van der Waals surface area contributed by atoms with Gasteiger partial charge in [0.05, 0.1) is 31.2 Å². The van der Waals surface area contributed by atoms with Crippen molar-refractivity contribution in [1.82, 2.24) is 5.32 Å². The minimum Gasteiger partial charge on any atom is -0.493 e. The highest BCUT2D eigenvalue weighted by Crippen LogP contribution is 2.36. The van der Waals surface area contributed by atoms with Crippen molar-refractivity contribution >= 4 is 23.5 Å². The maximum Gasteiger partial charge on any atom is 0.305 e. The zero-order valence-corrected chi connectivity index (χ0v) is 16.0. The van der Waals surface area contributed by atoms with Crippen molar-refractivity contribution < 1.29 is 24.2 Å². The Labute approximate surface area is 163 Å². The predicted octanol–water partition coefficient (Wildman–Crippen LogP) is 4.08. The summed E-state index contributed by atoms with van der Waals surface area (Å²) in [6.45, 7) is 2.44. The van der Waals surface area contributed by atoms with E-state index in [0.717, 1.165) is 6.42 Å². The van der Waals surface area contributed by atoms with Gasteiger partial charge in [0.2, 0.25) is 0 Å². The fourth-order valence-electron chi connectivity index (χ4n) is 2.55. The maximum atomic E-state index is 12.7. The number of carbonyl (C=O) groups excluding carboxylic acids is 1. The van der Waals surface area contributed by atoms with E-state index in [1.54, 1.807) is 24.3 Å². The first-order valence-electron chi connectivity index (χ1n) is 8.54. The van der Waals surface area contributed by atoms with Crippen molar-refractivity contribution in [1.29, 1.82) is 0 Å². The summed E-state index contributed by atoms with van der Waals surface area (Å²) in [4.78, 5) is 23.9. The summed E-state index contributed by atoms with van der Waals surface area (Å²) in [6.07, 6.45) is 0.563. The number of methoxy groups -OCH3 is 1. The molecule has 1 amide bonds. The van der Waals surface area contributed by atoms with Gasteiger partial charge in [-0.15, -0.1) is 0 Å². The molecular weight excluding hydrogens is 370 g/mol. The second-order valence-corrected chi connectivity index (χ2v) is 6.28. The van der Waals surface area contributed by atoms with Gasteiger partial charge in [-0.3, -0.25) is 9.59 Å². The molecule has 1 atom stereocenters. The average molecular weight is 392 g/mol. The highest BCUT2D eigenvalue weighted by atomic mass is 35.5. The number of carboxylic acid groups (broad SMARTS) is 1. The van der Waals surface area contributed by atoms with E-state index in [2.05, 4.69) is 5.32 Å². The summed E-state index contributed by atoms with van der Waals surface area (Å²) in [5.74, 6) is -0.742. The summed E-state index contributed by atoms with van der Waals surface area (Å²) >= 11 is 6.25. The zero-order valence-electron chi connectivity index (χ0n) is 15.2. The molecule has 7 heteroatoms. The van der Waals surface area contributed by atoms with Crippen molar-refractivity contribution in [2.75, 3.05) is 13.7 Å². The van der Waals surface area contributed by atoms with E-state index in [4.69, 9.17) is 26.2 Å². The number of aliphatic carboxylic acids is 1. The molecule has 144 valence electrons. The Kier molecular flexibility index (Phi) is 7.49. The third kappa shape index (κ3) is 5.62. The quantitative estimate of drug-likeness (QED) is 0.672. The molecule has 0 spiro atoms. The van der Waals surface area contributed by atoms with Crippen LogP contribution in [-0.4, -0.2) is 30.7 Å². The van der Waals surface area contributed by atoms with Crippen molar-refractivity contribution in [3.05, 3.63) is 58.6 Å². The number of ether oxygens (including phenoxy) is 2. The maximum absolute atomic E-state index is 12.7. The fourth-order valence-corrected chi connectivity index (χ4v) is 2.81. The minimum absolute atomic E-state index is 0.238. The van der Waals surface area contributed by atoms with Crippen LogP contribution in [0.25, 0.3) is 0 Å². The Morgan fingerprint density at radius 3 is 2.52 bits per heavy atom. The van der Waals surface area contributed by atoms with Crippen LogP contribution in [-0.2, 0) is 4.79 Å². The van der Waals surface area contributed by atoms with E-state index >= 15 is 0 Å². The highest BCUT2D eigenvalue weighted by Gasteiger charge is 2.21. The summed E-state index contributed by atoms with van der Waals surface area (Å²) in [6, 6.07) is 11.3. The molecule has 27 heavy (non-hydrogen) atoms. The Morgan fingerprint density at radius 2 is 1.93 bits per heavy atom. The number of halogens is 1. The third-order valence-electron chi connectivity index (χ3n) is 3.83. The molecule has 0 saturated heterocycles. The van der Waals surface area contributed by atoms with Gasteiger partial charge in [0, 0.05) is 5.56 Å². The molecule has 0 aliphatic heterocycles. The molecule has 2 aromatic rings. The first-order chi connectivity index (χ1) is 13.0. The van der Waals surface area contributed by atoms with Crippen LogP contribution >= 0.6 is 11.6 Å². The van der Waals surface area contributed by atoms with Crippen LogP contribution in [0.3, 0.4) is 0 Å². The van der Waals surface area contributed by atoms with Crippen LogP contribution in [0.2, 0.25) is 5.02 Å². The number of nitrogens with one attached hydrogen (secondary N) is 1. The van der Waals surface area contributed by atoms with Gasteiger partial charge in [-0.2, -0.15) is 0 Å². The van der Waals surface area contributed by atoms with Gasteiger partial charge >= 0.3 is 5.97 Å². The van der Waals surface area contributed by atoms with E-state index in [1.807, 2.05) is 13.0 Å². The standard InChI is InChI=1S/C20H22ClNO5/c1-3-9-27-19-15(21)10-14(11-17(19)26-2)20(25)22-16(12-18(23)24)13-7-5-4-6-8-13/h4-8,10-11,16H,3,9,12H2,1-2H3,(H,22,25)(H,23,24). The summed E-state index contributed by atoms with van der Waals surface area (Å²) < 4.78 is 10.9. The smallest absolute Gasteiger partial charge is 0.305 e. The number of amides is 1. The van der Waals surface area contributed by atoms with E-state index in [-0.39, 0.29) is 17.0 Å².